The Bertz CT molecular complexity index is 847. The fourth-order valence-electron chi connectivity index (χ4n) is 2.48. The second-order valence-corrected chi connectivity index (χ2v) is 5.67. The average Bonchev–Trinajstić information content (AvgIpc) is 2.71. The summed E-state index contributed by atoms with van der Waals surface area (Å²) in [6.07, 6.45) is 0.749. The first-order chi connectivity index (χ1) is 13.2. The summed E-state index contributed by atoms with van der Waals surface area (Å²) in [6.45, 7) is -0.0524. The lowest BCUT2D eigenvalue weighted by molar-refractivity contribution is -0.0515. The van der Waals surface area contributed by atoms with Gasteiger partial charge >= 0.3 is 11.9 Å². The van der Waals surface area contributed by atoms with Gasteiger partial charge in [0, 0.05) is 6.08 Å². The maximum Gasteiger partial charge on any atom is 0.338 e. The number of carbonyl (C=O) groups excluding carboxylic acids is 2. The third-order valence-electron chi connectivity index (χ3n) is 3.81. The summed E-state index contributed by atoms with van der Waals surface area (Å²) < 4.78 is 16.3. The maximum atomic E-state index is 12.4. The van der Waals surface area contributed by atoms with Crippen LogP contribution in [-0.4, -0.2) is 42.2 Å². The van der Waals surface area contributed by atoms with E-state index in [9.17, 15) is 9.59 Å². The summed E-state index contributed by atoms with van der Waals surface area (Å²) in [4.78, 5) is 24.7. The summed E-state index contributed by atoms with van der Waals surface area (Å²) in [5.41, 5.74) is 0.736. The van der Waals surface area contributed by atoms with E-state index in [4.69, 9.17) is 19.4 Å². The van der Waals surface area contributed by atoms with Crippen molar-refractivity contribution in [2.24, 2.45) is 5.16 Å². The number of hydrogen-bond donors (Lipinski definition) is 1. The predicted molar refractivity (Wildman–Crippen MR) is 95.6 cm³/mol. The highest BCUT2D eigenvalue weighted by molar-refractivity contribution is 5.90. The highest BCUT2D eigenvalue weighted by Crippen LogP contribution is 2.19. The fourth-order valence-corrected chi connectivity index (χ4v) is 2.48. The number of nitrogens with zero attached hydrogens (tertiary/aromatic N) is 1. The molecule has 0 bridgehead atoms. The monoisotopic (exact) mass is 367 g/mol. The number of allylic oxidation sites excluding steroid dienone is 1. The average molecular weight is 367 g/mol. The Morgan fingerprint density at radius 2 is 1.52 bits per heavy atom. The minimum absolute atomic E-state index is 0.0524. The Morgan fingerprint density at radius 1 is 0.963 bits per heavy atom. The largest absolute Gasteiger partial charge is 0.488 e. The molecule has 0 saturated carbocycles. The molecule has 7 nitrogen and oxygen atoms in total. The van der Waals surface area contributed by atoms with E-state index in [1.165, 1.54) is 6.08 Å². The van der Waals surface area contributed by atoms with Gasteiger partial charge in [-0.25, -0.2) is 9.59 Å². The lowest BCUT2D eigenvalue weighted by atomic mass is 10.1. The Kier molecular flexibility index (Phi) is 5.84. The number of hydrogen-bond acceptors (Lipinski definition) is 7. The molecular weight excluding hydrogens is 350 g/mol. The minimum Gasteiger partial charge on any atom is -0.488 e. The van der Waals surface area contributed by atoms with Crippen LogP contribution in [0.2, 0.25) is 0 Å². The molecule has 0 radical (unpaired) electrons. The van der Waals surface area contributed by atoms with E-state index < -0.39 is 24.1 Å². The molecule has 0 amide bonds. The molecule has 1 aliphatic rings. The first-order valence-corrected chi connectivity index (χ1v) is 8.21. The summed E-state index contributed by atoms with van der Waals surface area (Å²) in [5, 5.41) is 11.6. The molecule has 3 rings (SSSR count). The molecule has 1 aliphatic heterocycles. The normalized spacial score (nSPS) is 19.0. The van der Waals surface area contributed by atoms with Gasteiger partial charge in [0.25, 0.3) is 0 Å². The molecule has 2 aromatic carbocycles. The smallest absolute Gasteiger partial charge is 0.338 e. The fraction of sp³-hybridized carbons (Fsp3) is 0.150. The lowest BCUT2D eigenvalue weighted by Gasteiger charge is -2.29. The van der Waals surface area contributed by atoms with Crippen LogP contribution in [0.1, 0.15) is 20.7 Å². The molecule has 1 heterocycles. The van der Waals surface area contributed by atoms with E-state index in [-0.39, 0.29) is 12.4 Å². The number of benzene rings is 2. The van der Waals surface area contributed by atoms with Gasteiger partial charge in [-0.15, -0.1) is 0 Å². The summed E-state index contributed by atoms with van der Waals surface area (Å²) in [5.74, 6) is -0.923. The van der Waals surface area contributed by atoms with Gasteiger partial charge in [-0.1, -0.05) is 41.6 Å². The van der Waals surface area contributed by atoms with Gasteiger partial charge in [-0.3, -0.25) is 0 Å². The van der Waals surface area contributed by atoms with E-state index in [0.717, 1.165) is 6.21 Å². The zero-order valence-electron chi connectivity index (χ0n) is 14.2. The topological polar surface area (TPSA) is 94.4 Å². The Hall–Kier alpha value is -3.61. The molecule has 2 atom stereocenters. The highest BCUT2D eigenvalue weighted by atomic mass is 16.6. The van der Waals surface area contributed by atoms with Gasteiger partial charge in [0.2, 0.25) is 0 Å². The molecule has 0 fully saturated rings. The van der Waals surface area contributed by atoms with Crippen LogP contribution in [0.25, 0.3) is 0 Å². The molecule has 27 heavy (non-hydrogen) atoms. The molecule has 0 unspecified atom stereocenters. The van der Waals surface area contributed by atoms with Crippen LogP contribution in [0, 0.1) is 0 Å². The zero-order chi connectivity index (χ0) is 19.1. The van der Waals surface area contributed by atoms with E-state index in [0.29, 0.717) is 11.1 Å². The molecule has 0 spiro atoms. The Morgan fingerprint density at radius 3 is 2.07 bits per heavy atom. The standard InChI is InChI=1S/C20H17NO6/c22-19(14-7-3-1-4-8-14)26-17-11-16(12-21-24)25-13-18(17)27-20(23)15-9-5-2-6-10-15/h1-12,17-18,24H,13H2/t17-,18+/m0/s1. The molecule has 7 heteroatoms. The summed E-state index contributed by atoms with van der Waals surface area (Å²) in [6, 6.07) is 16.9. The van der Waals surface area contributed by atoms with Crippen molar-refractivity contribution < 1.29 is 29.0 Å². The van der Waals surface area contributed by atoms with E-state index in [1.807, 2.05) is 0 Å². The van der Waals surface area contributed by atoms with Crippen LogP contribution in [0.15, 0.2) is 77.7 Å². The van der Waals surface area contributed by atoms with Crippen molar-refractivity contribution in [1.82, 2.24) is 0 Å². The van der Waals surface area contributed by atoms with Crippen LogP contribution in [0.3, 0.4) is 0 Å². The molecule has 2 aromatic rings. The lowest BCUT2D eigenvalue weighted by Crippen LogP contribution is -2.40. The Balaban J connectivity index is 1.77. The number of carbonyl (C=O) groups is 2. The van der Waals surface area contributed by atoms with E-state index >= 15 is 0 Å². The number of ether oxygens (including phenoxy) is 3. The predicted octanol–water partition coefficient (Wildman–Crippen LogP) is 2.81. The van der Waals surface area contributed by atoms with Crippen molar-refractivity contribution >= 4 is 18.2 Å². The van der Waals surface area contributed by atoms with Crippen molar-refractivity contribution in [1.29, 1.82) is 0 Å². The van der Waals surface area contributed by atoms with Crippen LogP contribution < -0.4 is 0 Å². The first-order valence-electron chi connectivity index (χ1n) is 8.21. The van der Waals surface area contributed by atoms with Crippen LogP contribution >= 0.6 is 0 Å². The van der Waals surface area contributed by atoms with Gasteiger partial charge in [-0.05, 0) is 24.3 Å². The SMILES string of the molecule is O=C(O[C@H]1C=C(C=NO)OC[C@H]1OC(=O)c1ccccc1)c1ccccc1. The van der Waals surface area contributed by atoms with Crippen LogP contribution in [0.4, 0.5) is 0 Å². The van der Waals surface area contributed by atoms with Crippen molar-refractivity contribution in [3.8, 4) is 0 Å². The molecular formula is C20H17NO6. The molecule has 0 aromatic heterocycles. The second kappa shape index (κ2) is 8.66. The second-order valence-electron chi connectivity index (χ2n) is 5.67. The highest BCUT2D eigenvalue weighted by Gasteiger charge is 2.32. The van der Waals surface area contributed by atoms with Crippen molar-refractivity contribution in [3.05, 3.63) is 83.6 Å². The van der Waals surface area contributed by atoms with Crippen LogP contribution in [0.5, 0.6) is 0 Å². The number of rotatable bonds is 5. The Labute approximate surface area is 155 Å². The number of esters is 2. The summed E-state index contributed by atoms with van der Waals surface area (Å²) >= 11 is 0. The van der Waals surface area contributed by atoms with Gasteiger partial charge < -0.3 is 19.4 Å². The first kappa shape index (κ1) is 18.2. The molecule has 138 valence electrons. The van der Waals surface area contributed by atoms with Crippen LogP contribution in [-0.2, 0) is 14.2 Å². The van der Waals surface area contributed by atoms with Crippen molar-refractivity contribution in [2.45, 2.75) is 12.2 Å². The van der Waals surface area contributed by atoms with Gasteiger partial charge in [0.15, 0.2) is 12.2 Å². The zero-order valence-corrected chi connectivity index (χ0v) is 14.2. The molecule has 1 N–H and O–H groups in total. The van der Waals surface area contributed by atoms with Gasteiger partial charge in [-0.2, -0.15) is 0 Å². The molecule has 0 saturated heterocycles. The van der Waals surface area contributed by atoms with Gasteiger partial charge in [0.05, 0.1) is 11.1 Å². The number of oxime groups is 1. The van der Waals surface area contributed by atoms with Crippen molar-refractivity contribution in [3.63, 3.8) is 0 Å². The quantitative estimate of drug-likeness (QED) is 0.378. The van der Waals surface area contributed by atoms with E-state index in [2.05, 4.69) is 5.16 Å². The third-order valence-corrected chi connectivity index (χ3v) is 3.81. The van der Waals surface area contributed by atoms with Gasteiger partial charge in [0.1, 0.15) is 18.6 Å². The van der Waals surface area contributed by atoms with Crippen molar-refractivity contribution in [2.75, 3.05) is 6.61 Å². The summed E-state index contributed by atoms with van der Waals surface area (Å²) in [7, 11) is 0. The minimum atomic E-state index is -0.896. The third kappa shape index (κ3) is 4.72. The van der Waals surface area contributed by atoms with E-state index in [1.54, 1.807) is 60.7 Å². The molecule has 0 aliphatic carbocycles. The maximum absolute atomic E-state index is 12.4.